The van der Waals surface area contributed by atoms with E-state index in [4.69, 9.17) is 10.8 Å². The summed E-state index contributed by atoms with van der Waals surface area (Å²) < 4.78 is 2.20. The van der Waals surface area contributed by atoms with Gasteiger partial charge in [-0.05, 0) is 18.1 Å². The number of carboxylic acids is 1. The van der Waals surface area contributed by atoms with Crippen LogP contribution >= 0.6 is 0 Å². The maximum atomic E-state index is 10.9. The highest BCUT2D eigenvalue weighted by Crippen LogP contribution is 2.22. The van der Waals surface area contributed by atoms with Gasteiger partial charge in [-0.2, -0.15) is 0 Å². The minimum absolute atomic E-state index is 0.370. The normalized spacial score (nSPS) is 12.7. The number of aromatic nitrogens is 1. The van der Waals surface area contributed by atoms with Gasteiger partial charge in [-0.1, -0.05) is 31.5 Å². The molecule has 0 aliphatic rings. The molecule has 1 aromatic heterocycles. The molecule has 3 N–H and O–H groups in total. The number of unbranched alkanes of at least 4 members (excludes halogenated alkanes) is 1. The van der Waals surface area contributed by atoms with E-state index in [1.54, 1.807) is 0 Å². The summed E-state index contributed by atoms with van der Waals surface area (Å²) in [6.07, 6.45) is 4.66. The summed E-state index contributed by atoms with van der Waals surface area (Å²) in [5.74, 6) is -0.953. The third-order valence-electron chi connectivity index (χ3n) is 3.38. The topological polar surface area (TPSA) is 68.2 Å². The van der Waals surface area contributed by atoms with E-state index in [9.17, 15) is 4.79 Å². The van der Waals surface area contributed by atoms with Gasteiger partial charge in [0.25, 0.3) is 0 Å². The lowest BCUT2D eigenvalue weighted by Gasteiger charge is -2.04. The second-order valence-electron chi connectivity index (χ2n) is 4.87. The van der Waals surface area contributed by atoms with E-state index in [0.29, 0.717) is 6.42 Å². The van der Waals surface area contributed by atoms with E-state index < -0.39 is 12.0 Å². The number of carboxylic acid groups (broad SMARTS) is 1. The molecule has 0 saturated heterocycles. The van der Waals surface area contributed by atoms with E-state index in [2.05, 4.69) is 17.6 Å². The smallest absolute Gasteiger partial charge is 0.320 e. The molecule has 1 unspecified atom stereocenters. The molecule has 0 aliphatic heterocycles. The zero-order valence-corrected chi connectivity index (χ0v) is 11.2. The number of hydrogen-bond acceptors (Lipinski definition) is 2. The number of para-hydroxylation sites is 1. The quantitative estimate of drug-likeness (QED) is 0.838. The first kappa shape index (κ1) is 13.6. The fourth-order valence-corrected chi connectivity index (χ4v) is 2.32. The number of rotatable bonds is 6. The minimum Gasteiger partial charge on any atom is -0.480 e. The Hall–Kier alpha value is -1.81. The lowest BCUT2D eigenvalue weighted by molar-refractivity contribution is -0.138. The SMILES string of the molecule is CCCCn1cc(CC(N)C(=O)O)c2ccccc21. The van der Waals surface area contributed by atoms with Crippen molar-refractivity contribution in [3.05, 3.63) is 36.0 Å². The number of hydrogen-bond donors (Lipinski definition) is 2. The Kier molecular flexibility index (Phi) is 4.22. The van der Waals surface area contributed by atoms with Crippen molar-refractivity contribution in [3.63, 3.8) is 0 Å². The van der Waals surface area contributed by atoms with Gasteiger partial charge in [0.05, 0.1) is 0 Å². The summed E-state index contributed by atoms with van der Waals surface area (Å²) in [6, 6.07) is 7.24. The molecule has 0 radical (unpaired) electrons. The Labute approximate surface area is 112 Å². The van der Waals surface area contributed by atoms with Crippen LogP contribution in [0.1, 0.15) is 25.3 Å². The summed E-state index contributed by atoms with van der Waals surface area (Å²) in [6.45, 7) is 3.12. The van der Waals surface area contributed by atoms with Crippen LogP contribution in [0.25, 0.3) is 10.9 Å². The Morgan fingerprint density at radius 3 is 2.84 bits per heavy atom. The molecule has 0 bridgehead atoms. The second-order valence-corrected chi connectivity index (χ2v) is 4.87. The Bertz CT molecular complexity index is 575. The molecular weight excluding hydrogens is 240 g/mol. The van der Waals surface area contributed by atoms with E-state index >= 15 is 0 Å². The first-order chi connectivity index (χ1) is 9.13. The number of nitrogens with two attached hydrogens (primary N) is 1. The van der Waals surface area contributed by atoms with Gasteiger partial charge in [0.1, 0.15) is 6.04 Å². The standard InChI is InChI=1S/C15H20N2O2/c1-2-3-8-17-10-11(9-13(16)15(18)19)12-6-4-5-7-14(12)17/h4-7,10,13H,2-3,8-9,16H2,1H3,(H,18,19). The third-order valence-corrected chi connectivity index (χ3v) is 3.38. The van der Waals surface area contributed by atoms with Gasteiger partial charge in [-0.15, -0.1) is 0 Å². The fraction of sp³-hybridized carbons (Fsp3) is 0.400. The summed E-state index contributed by atoms with van der Waals surface area (Å²) in [7, 11) is 0. The van der Waals surface area contributed by atoms with Crippen LogP contribution in [0.15, 0.2) is 30.5 Å². The molecule has 2 rings (SSSR count). The molecule has 4 heteroatoms. The lowest BCUT2D eigenvalue weighted by atomic mass is 10.1. The molecule has 4 nitrogen and oxygen atoms in total. The largest absolute Gasteiger partial charge is 0.480 e. The van der Waals surface area contributed by atoms with Crippen molar-refractivity contribution in [2.45, 2.75) is 38.8 Å². The molecule has 1 atom stereocenters. The average Bonchev–Trinajstić information content (AvgIpc) is 2.75. The molecule has 2 aromatic rings. The second kappa shape index (κ2) is 5.89. The Morgan fingerprint density at radius 2 is 2.16 bits per heavy atom. The zero-order chi connectivity index (χ0) is 13.8. The molecule has 102 valence electrons. The van der Waals surface area contributed by atoms with Gasteiger partial charge in [-0.3, -0.25) is 4.79 Å². The monoisotopic (exact) mass is 260 g/mol. The van der Waals surface area contributed by atoms with Crippen LogP contribution in [0.4, 0.5) is 0 Å². The number of fused-ring (bicyclic) bond motifs is 1. The molecule has 0 fully saturated rings. The minimum atomic E-state index is -0.953. The van der Waals surface area contributed by atoms with Crippen molar-refractivity contribution in [2.75, 3.05) is 0 Å². The first-order valence-electron chi connectivity index (χ1n) is 6.68. The van der Waals surface area contributed by atoms with Crippen LogP contribution in [0, 0.1) is 0 Å². The van der Waals surface area contributed by atoms with Crippen LogP contribution in [0.3, 0.4) is 0 Å². The fourth-order valence-electron chi connectivity index (χ4n) is 2.32. The van der Waals surface area contributed by atoms with Crippen LogP contribution in [-0.4, -0.2) is 21.7 Å². The van der Waals surface area contributed by atoms with Crippen molar-refractivity contribution in [1.29, 1.82) is 0 Å². The number of carbonyl (C=O) groups is 1. The average molecular weight is 260 g/mol. The molecule has 0 amide bonds. The number of aryl methyl sites for hydroxylation is 1. The number of nitrogens with zero attached hydrogens (tertiary/aromatic N) is 1. The molecule has 0 spiro atoms. The van der Waals surface area contributed by atoms with E-state index in [-0.39, 0.29) is 0 Å². The lowest BCUT2D eigenvalue weighted by Crippen LogP contribution is -2.32. The van der Waals surface area contributed by atoms with Crippen molar-refractivity contribution in [1.82, 2.24) is 4.57 Å². The van der Waals surface area contributed by atoms with Crippen LogP contribution in [0.2, 0.25) is 0 Å². The van der Waals surface area contributed by atoms with Crippen molar-refractivity contribution in [2.24, 2.45) is 5.73 Å². The van der Waals surface area contributed by atoms with Gasteiger partial charge in [0, 0.05) is 30.1 Å². The Balaban J connectivity index is 2.35. The van der Waals surface area contributed by atoms with Crippen molar-refractivity contribution >= 4 is 16.9 Å². The number of aliphatic carboxylic acids is 1. The molecule has 19 heavy (non-hydrogen) atoms. The molecule has 1 heterocycles. The summed E-state index contributed by atoms with van der Waals surface area (Å²) in [5, 5.41) is 10.0. The predicted molar refractivity (Wildman–Crippen MR) is 76.2 cm³/mol. The molecule has 0 saturated carbocycles. The predicted octanol–water partition coefficient (Wildman–Crippen LogP) is 2.40. The maximum absolute atomic E-state index is 10.9. The van der Waals surface area contributed by atoms with Gasteiger partial charge in [0.2, 0.25) is 0 Å². The highest BCUT2D eigenvalue weighted by atomic mass is 16.4. The van der Waals surface area contributed by atoms with Gasteiger partial charge < -0.3 is 15.4 Å². The van der Waals surface area contributed by atoms with Crippen molar-refractivity contribution < 1.29 is 9.90 Å². The van der Waals surface area contributed by atoms with E-state index in [0.717, 1.165) is 35.9 Å². The van der Waals surface area contributed by atoms with Gasteiger partial charge in [-0.25, -0.2) is 0 Å². The van der Waals surface area contributed by atoms with Crippen LogP contribution in [0.5, 0.6) is 0 Å². The van der Waals surface area contributed by atoms with E-state index in [1.807, 2.05) is 24.4 Å². The zero-order valence-electron chi connectivity index (χ0n) is 11.2. The highest BCUT2D eigenvalue weighted by Gasteiger charge is 2.16. The Morgan fingerprint density at radius 1 is 1.42 bits per heavy atom. The highest BCUT2D eigenvalue weighted by molar-refractivity contribution is 5.85. The summed E-state index contributed by atoms with van der Waals surface area (Å²) >= 11 is 0. The van der Waals surface area contributed by atoms with Crippen molar-refractivity contribution in [3.8, 4) is 0 Å². The van der Waals surface area contributed by atoms with Gasteiger partial charge >= 0.3 is 5.97 Å². The first-order valence-corrected chi connectivity index (χ1v) is 6.68. The molecular formula is C15H20N2O2. The summed E-state index contributed by atoms with van der Waals surface area (Å²) in [4.78, 5) is 10.9. The maximum Gasteiger partial charge on any atom is 0.320 e. The van der Waals surface area contributed by atoms with Crippen LogP contribution in [-0.2, 0) is 17.8 Å². The molecule has 0 aliphatic carbocycles. The third kappa shape index (κ3) is 2.96. The summed E-state index contributed by atoms with van der Waals surface area (Å²) in [5.41, 5.74) is 7.81. The van der Waals surface area contributed by atoms with E-state index in [1.165, 1.54) is 0 Å². The molecule has 1 aromatic carbocycles. The van der Waals surface area contributed by atoms with Gasteiger partial charge in [0.15, 0.2) is 0 Å². The van der Waals surface area contributed by atoms with Crippen LogP contribution < -0.4 is 5.73 Å². The number of benzene rings is 1.